The molecule has 1 N–H and O–H groups in total. The molecule has 26 heavy (non-hydrogen) atoms. The van der Waals surface area contributed by atoms with Gasteiger partial charge >= 0.3 is 0 Å². The number of likely N-dealkylation sites (N-methyl/N-ethyl adjacent to an activating group) is 1. The number of carbonyl (C=O) groups is 2. The molecular weight excluding hydrogens is 331 g/mol. The lowest BCUT2D eigenvalue weighted by Gasteiger charge is -2.27. The average molecular weight is 356 g/mol. The maximum absolute atomic E-state index is 13.3. The number of rotatable bonds is 6. The van der Waals surface area contributed by atoms with Crippen LogP contribution in [0.1, 0.15) is 35.3 Å². The van der Waals surface area contributed by atoms with Gasteiger partial charge in [0.25, 0.3) is 5.91 Å². The number of hydrogen-bond acceptors (Lipinski definition) is 2. The van der Waals surface area contributed by atoms with Crippen molar-refractivity contribution in [2.24, 2.45) is 5.92 Å². The summed E-state index contributed by atoms with van der Waals surface area (Å²) in [5.74, 6) is -0.887. The highest BCUT2D eigenvalue weighted by Gasteiger charge is 2.27. The normalized spacial score (nSPS) is 11.9. The third-order valence-electron chi connectivity index (χ3n) is 4.29. The predicted molar refractivity (Wildman–Crippen MR) is 100 cm³/mol. The molecule has 1 atom stereocenters. The van der Waals surface area contributed by atoms with E-state index < -0.39 is 6.04 Å². The summed E-state index contributed by atoms with van der Waals surface area (Å²) in [6.45, 7) is 5.91. The van der Waals surface area contributed by atoms with Crippen molar-refractivity contribution in [2.45, 2.75) is 33.4 Å². The fourth-order valence-corrected chi connectivity index (χ4v) is 2.78. The van der Waals surface area contributed by atoms with Crippen LogP contribution in [0.25, 0.3) is 0 Å². The molecule has 0 aromatic heterocycles. The van der Waals surface area contributed by atoms with Crippen LogP contribution < -0.4 is 5.32 Å². The summed E-state index contributed by atoms with van der Waals surface area (Å²) < 4.78 is 13.3. The van der Waals surface area contributed by atoms with Crippen LogP contribution in [-0.2, 0) is 11.3 Å². The summed E-state index contributed by atoms with van der Waals surface area (Å²) in [5, 5.41) is 2.85. The Balaban J connectivity index is 2.11. The van der Waals surface area contributed by atoms with E-state index in [0.29, 0.717) is 11.1 Å². The lowest BCUT2D eigenvalue weighted by atomic mass is 10.0. The highest BCUT2D eigenvalue weighted by atomic mass is 19.1. The van der Waals surface area contributed by atoms with Crippen LogP contribution in [0.4, 0.5) is 4.39 Å². The Bertz CT molecular complexity index is 789. The topological polar surface area (TPSA) is 49.4 Å². The Morgan fingerprint density at radius 1 is 1.12 bits per heavy atom. The van der Waals surface area contributed by atoms with Crippen molar-refractivity contribution in [3.63, 3.8) is 0 Å². The van der Waals surface area contributed by atoms with Crippen LogP contribution >= 0.6 is 0 Å². The van der Waals surface area contributed by atoms with E-state index in [0.717, 1.165) is 5.56 Å². The number of benzene rings is 2. The number of halogens is 1. The monoisotopic (exact) mass is 356 g/mol. The van der Waals surface area contributed by atoms with Gasteiger partial charge in [0.2, 0.25) is 5.91 Å². The second kappa shape index (κ2) is 8.61. The Morgan fingerprint density at radius 3 is 2.42 bits per heavy atom. The van der Waals surface area contributed by atoms with Gasteiger partial charge in [-0.05, 0) is 42.2 Å². The summed E-state index contributed by atoms with van der Waals surface area (Å²) in [6.07, 6.45) is 0. The predicted octanol–water partition coefficient (Wildman–Crippen LogP) is 3.55. The van der Waals surface area contributed by atoms with E-state index in [9.17, 15) is 14.0 Å². The molecule has 0 aliphatic heterocycles. The Hall–Kier alpha value is -2.69. The number of hydrogen-bond donors (Lipinski definition) is 1. The van der Waals surface area contributed by atoms with Crippen LogP contribution in [0, 0.1) is 18.7 Å². The molecule has 0 unspecified atom stereocenters. The molecule has 0 saturated carbocycles. The molecule has 2 rings (SSSR count). The third kappa shape index (κ3) is 4.91. The lowest BCUT2D eigenvalue weighted by Crippen LogP contribution is -2.50. The first-order chi connectivity index (χ1) is 12.3. The van der Waals surface area contributed by atoms with E-state index in [1.807, 2.05) is 32.9 Å². The van der Waals surface area contributed by atoms with Crippen LogP contribution in [-0.4, -0.2) is 29.8 Å². The number of carbonyl (C=O) groups excluding carboxylic acids is 2. The van der Waals surface area contributed by atoms with Gasteiger partial charge in [-0.15, -0.1) is 0 Å². The summed E-state index contributed by atoms with van der Waals surface area (Å²) >= 11 is 0. The molecule has 5 heteroatoms. The second-order valence-corrected chi connectivity index (χ2v) is 6.83. The van der Waals surface area contributed by atoms with E-state index in [1.165, 1.54) is 17.0 Å². The zero-order valence-corrected chi connectivity index (χ0v) is 15.6. The quantitative estimate of drug-likeness (QED) is 0.861. The fraction of sp³-hybridized carbons (Fsp3) is 0.333. The molecule has 0 saturated heterocycles. The Labute approximate surface area is 154 Å². The Kier molecular flexibility index (Phi) is 6.50. The smallest absolute Gasteiger partial charge is 0.252 e. The molecule has 0 bridgehead atoms. The molecule has 0 aliphatic carbocycles. The van der Waals surface area contributed by atoms with Crippen LogP contribution in [0.3, 0.4) is 0 Å². The van der Waals surface area contributed by atoms with Gasteiger partial charge in [0, 0.05) is 19.2 Å². The zero-order valence-electron chi connectivity index (χ0n) is 15.6. The Morgan fingerprint density at radius 2 is 1.81 bits per heavy atom. The largest absolute Gasteiger partial charge is 0.340 e. The molecule has 0 aliphatic rings. The van der Waals surface area contributed by atoms with Crippen molar-refractivity contribution in [2.75, 3.05) is 7.05 Å². The lowest BCUT2D eigenvalue weighted by molar-refractivity contribution is -0.133. The second-order valence-electron chi connectivity index (χ2n) is 6.83. The first-order valence-corrected chi connectivity index (χ1v) is 8.65. The van der Waals surface area contributed by atoms with E-state index in [-0.39, 0.29) is 30.1 Å². The third-order valence-corrected chi connectivity index (χ3v) is 4.29. The maximum Gasteiger partial charge on any atom is 0.252 e. The standard InChI is InChI=1S/C21H25FN2O2/c1-14(2)19(23-20(25)18-11-6-5-8-15(18)3)21(26)24(4)13-16-9-7-10-17(22)12-16/h5-12,14,19H,13H2,1-4H3,(H,23,25)/t19-/m0/s1. The molecule has 0 heterocycles. The van der Waals surface area contributed by atoms with Gasteiger partial charge in [-0.2, -0.15) is 0 Å². The van der Waals surface area contributed by atoms with Crippen molar-refractivity contribution < 1.29 is 14.0 Å². The van der Waals surface area contributed by atoms with E-state index in [4.69, 9.17) is 0 Å². The summed E-state index contributed by atoms with van der Waals surface area (Å²) in [7, 11) is 1.66. The number of nitrogens with one attached hydrogen (secondary N) is 1. The molecule has 4 nitrogen and oxygen atoms in total. The molecule has 0 radical (unpaired) electrons. The van der Waals surface area contributed by atoms with Gasteiger partial charge in [-0.3, -0.25) is 9.59 Å². The van der Waals surface area contributed by atoms with Crippen molar-refractivity contribution >= 4 is 11.8 Å². The van der Waals surface area contributed by atoms with Crippen LogP contribution in [0.5, 0.6) is 0 Å². The molecule has 138 valence electrons. The van der Waals surface area contributed by atoms with Gasteiger partial charge in [-0.25, -0.2) is 4.39 Å². The van der Waals surface area contributed by atoms with Gasteiger partial charge in [-0.1, -0.05) is 44.2 Å². The van der Waals surface area contributed by atoms with Crippen molar-refractivity contribution in [3.05, 3.63) is 71.0 Å². The van der Waals surface area contributed by atoms with Crippen molar-refractivity contribution in [1.82, 2.24) is 10.2 Å². The SMILES string of the molecule is Cc1ccccc1C(=O)N[C@H](C(=O)N(C)Cc1cccc(F)c1)C(C)C. The first-order valence-electron chi connectivity index (χ1n) is 8.65. The fourth-order valence-electron chi connectivity index (χ4n) is 2.78. The van der Waals surface area contributed by atoms with Gasteiger partial charge in [0.15, 0.2) is 0 Å². The first kappa shape index (κ1) is 19.6. The molecule has 2 aromatic rings. The molecule has 2 aromatic carbocycles. The van der Waals surface area contributed by atoms with Crippen LogP contribution in [0.2, 0.25) is 0 Å². The van der Waals surface area contributed by atoms with Gasteiger partial charge < -0.3 is 10.2 Å². The van der Waals surface area contributed by atoms with E-state index in [1.54, 1.807) is 31.3 Å². The van der Waals surface area contributed by atoms with Crippen molar-refractivity contribution in [3.8, 4) is 0 Å². The van der Waals surface area contributed by atoms with Crippen LogP contribution in [0.15, 0.2) is 48.5 Å². The minimum Gasteiger partial charge on any atom is -0.340 e. The highest BCUT2D eigenvalue weighted by molar-refractivity contribution is 5.98. The maximum atomic E-state index is 13.3. The number of aryl methyl sites for hydroxylation is 1. The number of amides is 2. The molecule has 2 amide bonds. The van der Waals surface area contributed by atoms with E-state index in [2.05, 4.69) is 5.32 Å². The van der Waals surface area contributed by atoms with Crippen molar-refractivity contribution in [1.29, 1.82) is 0 Å². The molecule has 0 spiro atoms. The minimum absolute atomic E-state index is 0.0783. The summed E-state index contributed by atoms with van der Waals surface area (Å²) in [6, 6.07) is 12.8. The highest BCUT2D eigenvalue weighted by Crippen LogP contribution is 2.13. The summed E-state index contributed by atoms with van der Waals surface area (Å²) in [4.78, 5) is 26.9. The summed E-state index contributed by atoms with van der Waals surface area (Å²) in [5.41, 5.74) is 2.11. The van der Waals surface area contributed by atoms with Gasteiger partial charge in [0.1, 0.15) is 11.9 Å². The molecule has 0 fully saturated rings. The average Bonchev–Trinajstić information content (AvgIpc) is 2.59. The number of nitrogens with zero attached hydrogens (tertiary/aromatic N) is 1. The minimum atomic E-state index is -0.652. The van der Waals surface area contributed by atoms with Gasteiger partial charge in [0.05, 0.1) is 0 Å². The molecular formula is C21H25FN2O2. The van der Waals surface area contributed by atoms with E-state index >= 15 is 0 Å². The zero-order chi connectivity index (χ0) is 19.3.